The third kappa shape index (κ3) is 6.63. The van der Waals surface area contributed by atoms with Gasteiger partial charge in [0.1, 0.15) is 28.6 Å². The summed E-state index contributed by atoms with van der Waals surface area (Å²) in [6.07, 6.45) is 11.4. The predicted molar refractivity (Wildman–Crippen MR) is 217 cm³/mol. The molecule has 9 aromatic rings. The molecule has 0 amide bonds. The van der Waals surface area contributed by atoms with E-state index in [1.807, 2.05) is 78.8 Å². The largest absolute Gasteiger partial charge is 0.493 e. The van der Waals surface area contributed by atoms with Crippen LogP contribution in [0.4, 0.5) is 20.7 Å². The van der Waals surface area contributed by atoms with E-state index in [1.165, 1.54) is 12.1 Å². The predicted octanol–water partition coefficient (Wildman–Crippen LogP) is 8.34. The summed E-state index contributed by atoms with van der Waals surface area (Å²) < 4.78 is 45.4. The number of hydrogen-bond donors (Lipinski definition) is 2. The summed E-state index contributed by atoms with van der Waals surface area (Å²) in [4.78, 5) is 22.9. The molecule has 2 aromatic carbocycles. The molecule has 1 aliphatic heterocycles. The highest BCUT2D eigenvalue weighted by atomic mass is 19.1. The zero-order chi connectivity index (χ0) is 40.1. The molecule has 13 nitrogen and oxygen atoms in total. The molecular formula is C43H39F2N11O2. The van der Waals surface area contributed by atoms with Crippen molar-refractivity contribution in [3.8, 4) is 28.1 Å². The normalized spacial score (nSPS) is 12.2. The number of anilines is 2. The third-order valence-electron chi connectivity index (χ3n) is 10.3. The zero-order valence-electron chi connectivity index (χ0n) is 32.5. The topological polar surface area (TPSA) is 138 Å². The molecule has 0 saturated carbocycles. The Morgan fingerprint density at radius 2 is 1.41 bits per heavy atom. The summed E-state index contributed by atoms with van der Waals surface area (Å²) in [5.41, 5.74) is 11.6. The number of aromatic nitrogens is 9. The second-order valence-electron chi connectivity index (χ2n) is 14.2. The second kappa shape index (κ2) is 14.7. The molecule has 0 atom stereocenters. The SMILES string of the molecule is Cc1cn2c(NCc3c(F)ccc4c3CCO4)ncc(-c3cc(C)nn3C)c2n1.Cc1cn2c(NCc3c(F)ccc4occc34)ncc(-c3cccnc3C)c2n1. The molecule has 0 aliphatic carbocycles. The van der Waals surface area contributed by atoms with Gasteiger partial charge in [0.2, 0.25) is 11.9 Å². The number of hydrogen-bond acceptors (Lipinski definition) is 10. The first-order valence-corrected chi connectivity index (χ1v) is 18.8. The molecule has 0 bridgehead atoms. The Kier molecular flexibility index (Phi) is 9.26. The van der Waals surface area contributed by atoms with Crippen LogP contribution in [0.5, 0.6) is 5.75 Å². The second-order valence-corrected chi connectivity index (χ2v) is 14.2. The van der Waals surface area contributed by atoms with E-state index >= 15 is 0 Å². The first-order chi connectivity index (χ1) is 28.1. The molecule has 0 saturated heterocycles. The lowest BCUT2D eigenvalue weighted by atomic mass is 10.0. The van der Waals surface area contributed by atoms with Gasteiger partial charge in [0.05, 0.1) is 41.2 Å². The third-order valence-corrected chi connectivity index (χ3v) is 10.3. The van der Waals surface area contributed by atoms with Crippen LogP contribution in [0.3, 0.4) is 0 Å². The minimum Gasteiger partial charge on any atom is -0.493 e. The number of imidazole rings is 2. The quantitative estimate of drug-likeness (QED) is 0.155. The molecule has 7 aromatic heterocycles. The standard InChI is InChI=1S/C22H18FN5O.C21H21FN6O/c1-13-12-28-21(27-13)18(15-4-3-8-24-14(15)2)11-26-22(28)25-10-17-16-7-9-29-20(16)6-5-19(17)23;1-12-8-18(27(3)26-12)16-10-24-21(28-11-13(2)25-20(16)28)23-9-15-14-6-7-29-19(14)5-4-17(15)22/h3-9,11-12H,10H2,1-2H3,(H,25,26);4-5,8,10-11H,6-7,9H2,1-3H3,(H,23,24). The highest BCUT2D eigenvalue weighted by Crippen LogP contribution is 2.32. The van der Waals surface area contributed by atoms with Gasteiger partial charge in [-0.05, 0) is 70.2 Å². The smallest absolute Gasteiger partial charge is 0.208 e. The van der Waals surface area contributed by atoms with Crippen LogP contribution in [0, 0.1) is 39.3 Å². The van der Waals surface area contributed by atoms with Crippen molar-refractivity contribution in [2.24, 2.45) is 7.05 Å². The van der Waals surface area contributed by atoms with Crippen LogP contribution in [-0.2, 0) is 26.6 Å². The summed E-state index contributed by atoms with van der Waals surface area (Å²) in [7, 11) is 1.90. The van der Waals surface area contributed by atoms with Crippen LogP contribution in [0.25, 0.3) is 44.6 Å². The molecule has 8 heterocycles. The Morgan fingerprint density at radius 3 is 2.12 bits per heavy atom. The first-order valence-electron chi connectivity index (χ1n) is 18.8. The molecule has 2 N–H and O–H groups in total. The van der Waals surface area contributed by atoms with Gasteiger partial charge in [-0.2, -0.15) is 5.10 Å². The van der Waals surface area contributed by atoms with E-state index < -0.39 is 0 Å². The van der Waals surface area contributed by atoms with Gasteiger partial charge in [-0.15, -0.1) is 0 Å². The van der Waals surface area contributed by atoms with Crippen LogP contribution in [0.1, 0.15) is 39.5 Å². The van der Waals surface area contributed by atoms with E-state index in [4.69, 9.17) is 9.15 Å². The zero-order valence-corrected chi connectivity index (χ0v) is 32.5. The van der Waals surface area contributed by atoms with Crippen molar-refractivity contribution in [2.45, 2.75) is 47.2 Å². The molecule has 0 spiro atoms. The molecular weight excluding hydrogens is 741 g/mol. The average Bonchev–Trinajstić information content (AvgIpc) is 4.06. The highest BCUT2D eigenvalue weighted by molar-refractivity contribution is 5.82. The van der Waals surface area contributed by atoms with Crippen molar-refractivity contribution in [3.63, 3.8) is 0 Å². The van der Waals surface area contributed by atoms with Crippen LogP contribution >= 0.6 is 0 Å². The molecule has 58 heavy (non-hydrogen) atoms. The van der Waals surface area contributed by atoms with E-state index in [0.717, 1.165) is 79.6 Å². The van der Waals surface area contributed by atoms with Gasteiger partial charge in [0.25, 0.3) is 0 Å². The minimum absolute atomic E-state index is 0.234. The highest BCUT2D eigenvalue weighted by Gasteiger charge is 2.21. The lowest BCUT2D eigenvalue weighted by molar-refractivity contribution is 0.356. The van der Waals surface area contributed by atoms with Gasteiger partial charge >= 0.3 is 0 Å². The molecule has 0 fully saturated rings. The average molecular weight is 780 g/mol. The van der Waals surface area contributed by atoms with E-state index in [-0.39, 0.29) is 18.2 Å². The fourth-order valence-corrected chi connectivity index (χ4v) is 7.55. The van der Waals surface area contributed by atoms with Gasteiger partial charge in [0.15, 0.2) is 5.65 Å². The van der Waals surface area contributed by atoms with Crippen molar-refractivity contribution in [1.82, 2.24) is 43.5 Å². The van der Waals surface area contributed by atoms with E-state index in [0.29, 0.717) is 41.8 Å². The van der Waals surface area contributed by atoms with Crippen LogP contribution in [0.15, 0.2) is 90.2 Å². The molecule has 292 valence electrons. The van der Waals surface area contributed by atoms with Crippen molar-refractivity contribution in [2.75, 3.05) is 17.2 Å². The minimum atomic E-state index is -0.285. The number of rotatable bonds is 8. The fourth-order valence-electron chi connectivity index (χ4n) is 7.55. The maximum atomic E-state index is 14.5. The van der Waals surface area contributed by atoms with Crippen LogP contribution in [0.2, 0.25) is 0 Å². The number of nitrogens with one attached hydrogen (secondary N) is 2. The van der Waals surface area contributed by atoms with Crippen molar-refractivity contribution in [3.05, 3.63) is 137 Å². The Hall–Kier alpha value is -7.16. The number of pyridine rings is 1. The maximum absolute atomic E-state index is 14.5. The Bertz CT molecular complexity index is 3000. The van der Waals surface area contributed by atoms with Gasteiger partial charge in [-0.3, -0.25) is 18.5 Å². The summed E-state index contributed by atoms with van der Waals surface area (Å²) in [5, 5.41) is 11.7. The summed E-state index contributed by atoms with van der Waals surface area (Å²) in [6.45, 7) is 8.97. The molecule has 15 heteroatoms. The maximum Gasteiger partial charge on any atom is 0.208 e. The fraction of sp³-hybridized carbons (Fsp3) is 0.209. The first kappa shape index (κ1) is 36.5. The van der Waals surface area contributed by atoms with Gasteiger partial charge in [-0.25, -0.2) is 28.7 Å². The molecule has 10 rings (SSSR count). The number of aryl methyl sites for hydroxylation is 5. The monoisotopic (exact) mass is 779 g/mol. The molecule has 0 unspecified atom stereocenters. The van der Waals surface area contributed by atoms with E-state index in [2.05, 4.69) is 40.7 Å². The van der Waals surface area contributed by atoms with E-state index in [1.54, 1.807) is 43.1 Å². The Labute approximate surface area is 331 Å². The van der Waals surface area contributed by atoms with Gasteiger partial charge in [-0.1, -0.05) is 6.07 Å². The van der Waals surface area contributed by atoms with Gasteiger partial charge < -0.3 is 19.8 Å². The number of nitrogens with zero attached hydrogens (tertiary/aromatic N) is 9. The number of furan rings is 1. The summed E-state index contributed by atoms with van der Waals surface area (Å²) in [5.74, 6) is 1.44. The number of fused-ring (bicyclic) bond motifs is 4. The number of halogens is 2. The summed E-state index contributed by atoms with van der Waals surface area (Å²) >= 11 is 0. The Morgan fingerprint density at radius 1 is 0.741 bits per heavy atom. The lowest BCUT2D eigenvalue weighted by Crippen LogP contribution is -2.10. The molecule has 1 aliphatic rings. The van der Waals surface area contributed by atoms with Crippen LogP contribution < -0.4 is 15.4 Å². The van der Waals surface area contributed by atoms with Crippen molar-refractivity contribution in [1.29, 1.82) is 0 Å². The molecule has 0 radical (unpaired) electrons. The number of ether oxygens (including phenoxy) is 1. The lowest BCUT2D eigenvalue weighted by Gasteiger charge is -2.13. The van der Waals surface area contributed by atoms with Crippen molar-refractivity contribution >= 4 is 34.2 Å². The van der Waals surface area contributed by atoms with E-state index in [9.17, 15) is 8.78 Å². The van der Waals surface area contributed by atoms with Gasteiger partial charge in [0, 0.05) is 96.4 Å². The summed E-state index contributed by atoms with van der Waals surface area (Å²) in [6, 6.07) is 13.9. The Balaban J connectivity index is 0.000000150. The van der Waals surface area contributed by atoms with Crippen LogP contribution in [-0.4, -0.2) is 50.1 Å². The number of benzene rings is 2. The van der Waals surface area contributed by atoms with Crippen molar-refractivity contribution < 1.29 is 17.9 Å².